The van der Waals surface area contributed by atoms with Gasteiger partial charge in [-0.25, -0.2) is 0 Å². The summed E-state index contributed by atoms with van der Waals surface area (Å²) < 4.78 is 7.06. The molecule has 0 aliphatic heterocycles. The van der Waals surface area contributed by atoms with Crippen LogP contribution in [0.2, 0.25) is 0 Å². The van der Waals surface area contributed by atoms with Crippen molar-refractivity contribution in [2.24, 2.45) is 7.05 Å². The van der Waals surface area contributed by atoms with Crippen molar-refractivity contribution in [3.63, 3.8) is 0 Å². The Hall–Kier alpha value is -0.870. The quantitative estimate of drug-likeness (QED) is 0.795. The molecule has 0 saturated heterocycles. The Morgan fingerprint density at radius 3 is 2.62 bits per heavy atom. The minimum atomic E-state index is -0.463. The van der Waals surface area contributed by atoms with Gasteiger partial charge in [-0.1, -0.05) is 13.8 Å². The van der Waals surface area contributed by atoms with E-state index in [1.165, 1.54) is 0 Å². The number of hydrogen-bond acceptors (Lipinski definition) is 3. The standard InChI is InChI=1S/C12H22N2O2/c1-5-9-7-10(14(3)13-9)8-11(15)12(6-2)16-4/h7,11-12,15H,5-6,8H2,1-4H3. The van der Waals surface area contributed by atoms with Gasteiger partial charge < -0.3 is 9.84 Å². The van der Waals surface area contributed by atoms with Gasteiger partial charge in [0.2, 0.25) is 0 Å². The van der Waals surface area contributed by atoms with Gasteiger partial charge in [0.05, 0.1) is 17.9 Å². The molecular formula is C12H22N2O2. The third kappa shape index (κ3) is 3.06. The highest BCUT2D eigenvalue weighted by molar-refractivity contribution is 5.11. The van der Waals surface area contributed by atoms with E-state index in [9.17, 15) is 5.11 Å². The monoisotopic (exact) mass is 226 g/mol. The summed E-state index contributed by atoms with van der Waals surface area (Å²) in [4.78, 5) is 0. The molecule has 2 atom stereocenters. The van der Waals surface area contributed by atoms with Crippen molar-refractivity contribution < 1.29 is 9.84 Å². The first-order valence-electron chi connectivity index (χ1n) is 5.85. The van der Waals surface area contributed by atoms with E-state index in [1.807, 2.05) is 24.7 Å². The second-order valence-corrected chi connectivity index (χ2v) is 4.06. The number of aromatic nitrogens is 2. The van der Waals surface area contributed by atoms with Crippen molar-refractivity contribution in [2.75, 3.05) is 7.11 Å². The first-order valence-corrected chi connectivity index (χ1v) is 5.85. The smallest absolute Gasteiger partial charge is 0.0856 e. The number of ether oxygens (including phenoxy) is 1. The van der Waals surface area contributed by atoms with E-state index in [0.29, 0.717) is 6.42 Å². The molecule has 0 aliphatic carbocycles. The molecule has 1 aromatic rings. The molecule has 0 aliphatic rings. The minimum Gasteiger partial charge on any atom is -0.390 e. The van der Waals surface area contributed by atoms with Crippen molar-refractivity contribution in [3.05, 3.63) is 17.5 Å². The third-order valence-corrected chi connectivity index (χ3v) is 2.94. The van der Waals surface area contributed by atoms with Crippen molar-refractivity contribution in [1.82, 2.24) is 9.78 Å². The fraction of sp³-hybridized carbons (Fsp3) is 0.750. The highest BCUT2D eigenvalue weighted by Crippen LogP contribution is 2.12. The highest BCUT2D eigenvalue weighted by atomic mass is 16.5. The molecule has 0 amide bonds. The second kappa shape index (κ2) is 6.01. The normalized spacial score (nSPS) is 15.1. The van der Waals surface area contributed by atoms with E-state index < -0.39 is 6.10 Å². The molecular weight excluding hydrogens is 204 g/mol. The molecule has 0 bridgehead atoms. The Bertz CT molecular complexity index is 319. The first kappa shape index (κ1) is 13.2. The Kier molecular flexibility index (Phi) is 4.96. The summed E-state index contributed by atoms with van der Waals surface area (Å²) in [6, 6.07) is 2.05. The predicted octanol–water partition coefficient (Wildman–Crippen LogP) is 1.31. The van der Waals surface area contributed by atoms with Gasteiger partial charge in [0.1, 0.15) is 0 Å². The minimum absolute atomic E-state index is 0.0972. The summed E-state index contributed by atoms with van der Waals surface area (Å²) >= 11 is 0. The van der Waals surface area contributed by atoms with Crippen LogP contribution in [0.4, 0.5) is 0 Å². The van der Waals surface area contributed by atoms with E-state index in [4.69, 9.17) is 4.74 Å². The third-order valence-electron chi connectivity index (χ3n) is 2.94. The van der Waals surface area contributed by atoms with Gasteiger partial charge in [0.15, 0.2) is 0 Å². The molecule has 1 rings (SSSR count). The molecule has 16 heavy (non-hydrogen) atoms. The summed E-state index contributed by atoms with van der Waals surface area (Å²) in [6.07, 6.45) is 1.77. The fourth-order valence-electron chi connectivity index (χ4n) is 1.88. The van der Waals surface area contributed by atoms with E-state index in [0.717, 1.165) is 24.2 Å². The van der Waals surface area contributed by atoms with Crippen LogP contribution in [0.25, 0.3) is 0 Å². The van der Waals surface area contributed by atoms with Crippen LogP contribution in [0.15, 0.2) is 6.07 Å². The number of methoxy groups -OCH3 is 1. The number of aryl methyl sites for hydroxylation is 2. The van der Waals surface area contributed by atoms with Crippen LogP contribution >= 0.6 is 0 Å². The molecule has 1 N–H and O–H groups in total. The summed E-state index contributed by atoms with van der Waals surface area (Å²) in [7, 11) is 3.55. The van der Waals surface area contributed by atoms with E-state index in [2.05, 4.69) is 12.0 Å². The molecule has 1 heterocycles. The Labute approximate surface area is 97.2 Å². The lowest BCUT2D eigenvalue weighted by molar-refractivity contribution is -0.0136. The average molecular weight is 226 g/mol. The summed E-state index contributed by atoms with van der Waals surface area (Å²) in [5, 5.41) is 14.4. The maximum atomic E-state index is 10.0. The lowest BCUT2D eigenvalue weighted by Crippen LogP contribution is -2.29. The van der Waals surface area contributed by atoms with Crippen LogP contribution < -0.4 is 0 Å². The SMILES string of the molecule is CCc1cc(CC(O)C(CC)OC)n(C)n1. The van der Waals surface area contributed by atoms with E-state index in [-0.39, 0.29) is 6.10 Å². The van der Waals surface area contributed by atoms with Gasteiger partial charge >= 0.3 is 0 Å². The topological polar surface area (TPSA) is 47.3 Å². The molecule has 0 spiro atoms. The second-order valence-electron chi connectivity index (χ2n) is 4.06. The van der Waals surface area contributed by atoms with Crippen LogP contribution in [-0.4, -0.2) is 34.2 Å². The van der Waals surface area contributed by atoms with Crippen LogP contribution in [-0.2, 0) is 24.6 Å². The largest absolute Gasteiger partial charge is 0.390 e. The fourth-order valence-corrected chi connectivity index (χ4v) is 1.88. The number of aliphatic hydroxyl groups is 1. The van der Waals surface area contributed by atoms with Gasteiger partial charge in [-0.2, -0.15) is 5.10 Å². The molecule has 92 valence electrons. The number of nitrogens with zero attached hydrogens (tertiary/aromatic N) is 2. The van der Waals surface area contributed by atoms with E-state index >= 15 is 0 Å². The zero-order chi connectivity index (χ0) is 12.1. The predicted molar refractivity (Wildman–Crippen MR) is 63.4 cm³/mol. The van der Waals surface area contributed by atoms with Crippen LogP contribution in [0.5, 0.6) is 0 Å². The van der Waals surface area contributed by atoms with Crippen LogP contribution in [0.3, 0.4) is 0 Å². The molecule has 0 aromatic carbocycles. The highest BCUT2D eigenvalue weighted by Gasteiger charge is 2.18. The van der Waals surface area contributed by atoms with Crippen molar-refractivity contribution in [3.8, 4) is 0 Å². The molecule has 2 unspecified atom stereocenters. The van der Waals surface area contributed by atoms with Crippen molar-refractivity contribution >= 4 is 0 Å². The molecule has 0 radical (unpaired) electrons. The van der Waals surface area contributed by atoms with Crippen LogP contribution in [0.1, 0.15) is 31.7 Å². The van der Waals surface area contributed by atoms with Gasteiger partial charge in [0.25, 0.3) is 0 Å². The molecule has 1 aromatic heterocycles. The number of rotatable bonds is 6. The molecule has 0 saturated carbocycles. The maximum Gasteiger partial charge on any atom is 0.0856 e. The lowest BCUT2D eigenvalue weighted by Gasteiger charge is -2.19. The first-order chi connectivity index (χ1) is 7.62. The lowest BCUT2D eigenvalue weighted by atomic mass is 10.1. The Morgan fingerprint density at radius 1 is 1.50 bits per heavy atom. The van der Waals surface area contributed by atoms with Gasteiger partial charge in [-0.3, -0.25) is 4.68 Å². The van der Waals surface area contributed by atoms with Gasteiger partial charge in [-0.05, 0) is 18.9 Å². The van der Waals surface area contributed by atoms with E-state index in [1.54, 1.807) is 7.11 Å². The van der Waals surface area contributed by atoms with Gasteiger partial charge in [0, 0.05) is 26.3 Å². The zero-order valence-electron chi connectivity index (χ0n) is 10.6. The molecule has 4 heteroatoms. The number of hydrogen-bond donors (Lipinski definition) is 1. The summed E-state index contributed by atoms with van der Waals surface area (Å²) in [5.41, 5.74) is 2.12. The number of aliphatic hydroxyl groups excluding tert-OH is 1. The Balaban J connectivity index is 2.68. The van der Waals surface area contributed by atoms with Crippen LogP contribution in [0, 0.1) is 0 Å². The zero-order valence-corrected chi connectivity index (χ0v) is 10.6. The van der Waals surface area contributed by atoms with Crippen molar-refractivity contribution in [1.29, 1.82) is 0 Å². The van der Waals surface area contributed by atoms with Gasteiger partial charge in [-0.15, -0.1) is 0 Å². The maximum absolute atomic E-state index is 10.0. The summed E-state index contributed by atoms with van der Waals surface area (Å²) in [6.45, 7) is 4.09. The molecule has 4 nitrogen and oxygen atoms in total. The molecule has 0 fully saturated rings. The summed E-state index contributed by atoms with van der Waals surface area (Å²) in [5.74, 6) is 0. The van der Waals surface area contributed by atoms with Crippen molar-refractivity contribution in [2.45, 2.75) is 45.3 Å². The Morgan fingerprint density at radius 2 is 2.19 bits per heavy atom. The average Bonchev–Trinajstić information content (AvgIpc) is 2.61.